The lowest BCUT2D eigenvalue weighted by Gasteiger charge is -2.50. The minimum atomic E-state index is -1.94. The van der Waals surface area contributed by atoms with Gasteiger partial charge in [-0.25, -0.2) is 0 Å². The molecule has 1 aromatic rings. The van der Waals surface area contributed by atoms with E-state index in [9.17, 15) is 9.59 Å². The second-order valence-electron chi connectivity index (χ2n) is 12.7. The van der Waals surface area contributed by atoms with E-state index < -0.39 is 8.32 Å². The van der Waals surface area contributed by atoms with Gasteiger partial charge < -0.3 is 9.33 Å². The average molecular weight is 486 g/mol. The van der Waals surface area contributed by atoms with E-state index in [-0.39, 0.29) is 34.2 Å². The molecule has 0 unspecified atom stereocenters. The van der Waals surface area contributed by atoms with E-state index in [0.717, 1.165) is 30.5 Å². The maximum absolute atomic E-state index is 13.9. The largest absolute Gasteiger partial charge is 0.413 e. The molecule has 2 aliphatic carbocycles. The van der Waals surface area contributed by atoms with Crippen molar-refractivity contribution in [2.45, 2.75) is 103 Å². The fraction of sp³-hybridized carbons (Fsp3) is 0.724. The highest BCUT2D eigenvalue weighted by molar-refractivity contribution is 6.74. The van der Waals surface area contributed by atoms with Crippen molar-refractivity contribution < 1.29 is 14.0 Å². The zero-order valence-corrected chi connectivity index (χ0v) is 24.0. The average Bonchev–Trinajstić information content (AvgIpc) is 3.07. The van der Waals surface area contributed by atoms with Crippen LogP contribution in [0.1, 0.15) is 84.6 Å². The molecule has 0 bridgehead atoms. The van der Waals surface area contributed by atoms with Gasteiger partial charge in [0, 0.05) is 44.5 Å². The first-order chi connectivity index (χ1) is 15.7. The predicted molar refractivity (Wildman–Crippen MR) is 144 cm³/mol. The lowest BCUT2D eigenvalue weighted by Crippen LogP contribution is -2.52. The number of hydrogen-bond acceptors (Lipinski definition) is 4. The first-order valence-corrected chi connectivity index (χ1v) is 16.1. The van der Waals surface area contributed by atoms with Crippen LogP contribution in [0, 0.1) is 17.3 Å². The Labute approximate surface area is 209 Å². The van der Waals surface area contributed by atoms with E-state index in [0.29, 0.717) is 31.0 Å². The molecule has 3 rings (SSSR count). The van der Waals surface area contributed by atoms with Crippen LogP contribution in [-0.2, 0) is 14.0 Å². The number of benzene rings is 1. The Morgan fingerprint density at radius 2 is 1.76 bits per heavy atom. The number of Topliss-reactive ketones (excluding diaryl/α,β-unsaturated/α-hetero) is 2. The quantitative estimate of drug-likeness (QED) is 0.372. The Hall–Kier alpha value is -1.46. The summed E-state index contributed by atoms with van der Waals surface area (Å²) in [5.41, 5.74) is 2.20. The van der Waals surface area contributed by atoms with Gasteiger partial charge >= 0.3 is 0 Å². The normalized spacial score (nSPS) is 29.7. The molecule has 190 valence electrons. The van der Waals surface area contributed by atoms with Crippen molar-refractivity contribution in [3.63, 3.8) is 0 Å². The summed E-state index contributed by atoms with van der Waals surface area (Å²) < 4.78 is 7.05. The minimum Gasteiger partial charge on any atom is -0.413 e. The second kappa shape index (κ2) is 9.89. The Morgan fingerprint density at radius 1 is 1.15 bits per heavy atom. The molecule has 1 aromatic carbocycles. The van der Waals surface area contributed by atoms with Crippen LogP contribution in [0.25, 0.3) is 0 Å². The highest BCUT2D eigenvalue weighted by atomic mass is 28.4. The molecule has 0 amide bonds. The van der Waals surface area contributed by atoms with Gasteiger partial charge in [-0.05, 0) is 72.8 Å². The van der Waals surface area contributed by atoms with Crippen LogP contribution in [-0.4, -0.2) is 40.1 Å². The summed E-state index contributed by atoms with van der Waals surface area (Å²) in [5.74, 6) is 0.733. The first-order valence-electron chi connectivity index (χ1n) is 13.2. The van der Waals surface area contributed by atoms with Crippen molar-refractivity contribution >= 4 is 25.6 Å². The fourth-order valence-electron chi connectivity index (χ4n) is 6.02. The van der Waals surface area contributed by atoms with Crippen LogP contribution in [0.5, 0.6) is 0 Å². The van der Waals surface area contributed by atoms with E-state index in [4.69, 9.17) is 4.43 Å². The number of rotatable bonds is 8. The van der Waals surface area contributed by atoms with E-state index in [1.807, 2.05) is 21.0 Å². The molecule has 4 nitrogen and oxygen atoms in total. The predicted octanol–water partition coefficient (Wildman–Crippen LogP) is 6.99. The van der Waals surface area contributed by atoms with Gasteiger partial charge in [0.1, 0.15) is 11.6 Å². The fourth-order valence-corrected chi connectivity index (χ4v) is 7.47. The van der Waals surface area contributed by atoms with Crippen molar-refractivity contribution in [3.05, 3.63) is 29.8 Å². The van der Waals surface area contributed by atoms with E-state index in [2.05, 4.69) is 70.0 Å². The number of carbonyl (C=O) groups is 2. The smallest absolute Gasteiger partial charge is 0.192 e. The number of fused-ring (bicyclic) bond motifs is 1. The highest BCUT2D eigenvalue weighted by Crippen LogP contribution is 2.59. The second-order valence-corrected chi connectivity index (χ2v) is 17.5. The summed E-state index contributed by atoms with van der Waals surface area (Å²) >= 11 is 0. The molecule has 2 fully saturated rings. The van der Waals surface area contributed by atoms with Crippen molar-refractivity contribution in [2.75, 3.05) is 19.0 Å². The molecule has 0 N–H and O–H groups in total. The molecule has 0 heterocycles. The summed E-state index contributed by atoms with van der Waals surface area (Å²) in [6.45, 7) is 15.9. The van der Waals surface area contributed by atoms with Gasteiger partial charge in [0.25, 0.3) is 0 Å². The maximum Gasteiger partial charge on any atom is 0.192 e. The molecule has 0 aliphatic heterocycles. The van der Waals surface area contributed by atoms with Gasteiger partial charge in [-0.2, -0.15) is 0 Å². The van der Waals surface area contributed by atoms with Crippen molar-refractivity contribution in [2.24, 2.45) is 17.3 Å². The molecule has 0 spiro atoms. The van der Waals surface area contributed by atoms with Gasteiger partial charge in [0.05, 0.1) is 6.10 Å². The third-order valence-corrected chi connectivity index (χ3v) is 13.8. The van der Waals surface area contributed by atoms with Crippen LogP contribution in [0.15, 0.2) is 24.3 Å². The summed E-state index contributed by atoms with van der Waals surface area (Å²) in [7, 11) is 2.13. The molecular formula is C29H47NO3Si. The molecular weight excluding hydrogens is 438 g/mol. The van der Waals surface area contributed by atoms with E-state index in [1.54, 1.807) is 0 Å². The van der Waals surface area contributed by atoms with Gasteiger partial charge in [0.15, 0.2) is 8.32 Å². The molecule has 0 aromatic heterocycles. The van der Waals surface area contributed by atoms with Gasteiger partial charge in [-0.3, -0.25) is 9.59 Å². The number of nitrogens with zero attached hydrogens (tertiary/aromatic N) is 1. The molecule has 34 heavy (non-hydrogen) atoms. The lowest BCUT2D eigenvalue weighted by molar-refractivity contribution is -0.136. The van der Waals surface area contributed by atoms with Gasteiger partial charge in [-0.1, -0.05) is 46.8 Å². The van der Waals surface area contributed by atoms with Crippen LogP contribution in [0.2, 0.25) is 18.1 Å². The zero-order valence-electron chi connectivity index (χ0n) is 23.0. The monoisotopic (exact) mass is 485 g/mol. The SMILES string of the molecule is CCC(=O)CC[C@@H]1C(=O)[C@@H](c2ccc(N(C)C)cc2)C[C@@]2(C)[C@H](O[Si](C)(C)C(C)(C)C)CC[C@@H]12. The maximum atomic E-state index is 13.9. The lowest BCUT2D eigenvalue weighted by atomic mass is 9.57. The number of carbonyl (C=O) groups excluding carboxylic acids is 2. The van der Waals surface area contributed by atoms with Crippen molar-refractivity contribution in [1.29, 1.82) is 0 Å². The minimum absolute atomic E-state index is 0.0474. The number of anilines is 1. The van der Waals surface area contributed by atoms with Crippen LogP contribution in [0.4, 0.5) is 5.69 Å². The van der Waals surface area contributed by atoms with E-state index in [1.165, 1.54) is 0 Å². The number of hydrogen-bond donors (Lipinski definition) is 0. The molecule has 0 radical (unpaired) electrons. The summed E-state index contributed by atoms with van der Waals surface area (Å²) in [4.78, 5) is 28.2. The summed E-state index contributed by atoms with van der Waals surface area (Å²) in [6.07, 6.45) is 4.82. The number of ketones is 2. The Balaban J connectivity index is 1.96. The van der Waals surface area contributed by atoms with Crippen LogP contribution in [0.3, 0.4) is 0 Å². The Morgan fingerprint density at radius 3 is 2.29 bits per heavy atom. The Kier molecular flexibility index (Phi) is 7.89. The Bertz CT molecular complexity index is 886. The van der Waals surface area contributed by atoms with Crippen LogP contribution < -0.4 is 4.90 Å². The molecule has 0 saturated heterocycles. The molecule has 5 atom stereocenters. The first kappa shape index (κ1) is 27.1. The molecule has 5 heteroatoms. The molecule has 2 saturated carbocycles. The van der Waals surface area contributed by atoms with Crippen LogP contribution >= 0.6 is 0 Å². The zero-order chi connectivity index (χ0) is 25.5. The topological polar surface area (TPSA) is 46.6 Å². The van der Waals surface area contributed by atoms with E-state index >= 15 is 0 Å². The van der Waals surface area contributed by atoms with Crippen molar-refractivity contribution in [3.8, 4) is 0 Å². The van der Waals surface area contributed by atoms with Crippen molar-refractivity contribution in [1.82, 2.24) is 0 Å². The van der Waals surface area contributed by atoms with Gasteiger partial charge in [-0.15, -0.1) is 0 Å². The standard InChI is InChI=1S/C29H47NO3Si/c1-10-22(31)15-16-23-25-17-18-26(33-34(8,9)28(2,3)4)29(25,5)19-24(27(23)32)20-11-13-21(14-12-20)30(6)7/h11-14,23-26H,10,15-19H2,1-9H3/t23-,24+,25-,26+,29+/m0/s1. The third kappa shape index (κ3) is 5.21. The molecule has 2 aliphatic rings. The van der Waals surface area contributed by atoms with Gasteiger partial charge in [0.2, 0.25) is 0 Å². The third-order valence-electron chi connectivity index (χ3n) is 9.34. The summed E-state index contributed by atoms with van der Waals surface area (Å²) in [5, 5.41) is 0.153. The summed E-state index contributed by atoms with van der Waals surface area (Å²) in [6, 6.07) is 8.50. The highest BCUT2D eigenvalue weighted by Gasteiger charge is 2.58.